The molecule has 2 rings (SSSR count). The van der Waals surface area contributed by atoms with E-state index in [-0.39, 0.29) is 6.04 Å². The van der Waals surface area contributed by atoms with Crippen molar-refractivity contribution in [3.63, 3.8) is 0 Å². The molecule has 0 aromatic heterocycles. The largest absolute Gasteiger partial charge is 0.387 e. The van der Waals surface area contributed by atoms with Gasteiger partial charge in [0.05, 0.1) is 5.69 Å². The van der Waals surface area contributed by atoms with Gasteiger partial charge in [0.2, 0.25) is 10.0 Å². The van der Waals surface area contributed by atoms with E-state index >= 15 is 0 Å². The van der Waals surface area contributed by atoms with E-state index in [0.717, 1.165) is 12.8 Å². The Kier molecular flexibility index (Phi) is 3.40. The van der Waals surface area contributed by atoms with Crippen LogP contribution in [0.5, 0.6) is 0 Å². The lowest BCUT2D eigenvalue weighted by Crippen LogP contribution is -2.43. The van der Waals surface area contributed by atoms with Gasteiger partial charge >= 0.3 is 0 Å². The number of nitrogens with one attached hydrogen (secondary N) is 2. The van der Waals surface area contributed by atoms with Crippen LogP contribution in [0.3, 0.4) is 0 Å². The van der Waals surface area contributed by atoms with Gasteiger partial charge in [-0.2, -0.15) is 0 Å². The maximum absolute atomic E-state index is 12.2. The molecule has 1 aliphatic rings. The zero-order chi connectivity index (χ0) is 12.5. The molecule has 0 bridgehead atoms. The van der Waals surface area contributed by atoms with Crippen LogP contribution < -0.4 is 10.0 Å². The molecule has 0 unspecified atom stereocenters. The van der Waals surface area contributed by atoms with E-state index in [1.54, 1.807) is 25.2 Å². The molecule has 4 nitrogen and oxygen atoms in total. The Bertz CT molecular complexity index is 493. The molecule has 1 aromatic rings. The molecule has 1 aromatic carbocycles. The summed E-state index contributed by atoms with van der Waals surface area (Å²) < 4.78 is 27.1. The highest BCUT2D eigenvalue weighted by Crippen LogP contribution is 2.29. The van der Waals surface area contributed by atoms with Gasteiger partial charge in [-0.25, -0.2) is 13.1 Å². The van der Waals surface area contributed by atoms with E-state index < -0.39 is 10.0 Å². The van der Waals surface area contributed by atoms with Crippen LogP contribution in [0.1, 0.15) is 19.8 Å². The summed E-state index contributed by atoms with van der Waals surface area (Å²) in [5, 5.41) is 2.90. The van der Waals surface area contributed by atoms with E-state index in [9.17, 15) is 8.42 Å². The number of sulfonamides is 1. The van der Waals surface area contributed by atoms with Crippen molar-refractivity contribution >= 4 is 15.7 Å². The van der Waals surface area contributed by atoms with Crippen LogP contribution in [0.4, 0.5) is 5.69 Å². The minimum atomic E-state index is -3.40. The Morgan fingerprint density at radius 2 is 1.88 bits per heavy atom. The highest BCUT2D eigenvalue weighted by molar-refractivity contribution is 7.89. The summed E-state index contributed by atoms with van der Waals surface area (Å²) in [6, 6.07) is 7.03. The smallest absolute Gasteiger partial charge is 0.242 e. The van der Waals surface area contributed by atoms with Crippen molar-refractivity contribution in [2.24, 2.45) is 5.92 Å². The number of rotatable bonds is 4. The van der Waals surface area contributed by atoms with Crippen molar-refractivity contribution in [1.82, 2.24) is 4.72 Å². The van der Waals surface area contributed by atoms with Gasteiger partial charge in [0, 0.05) is 13.1 Å². The number of para-hydroxylation sites is 1. The molecule has 0 saturated heterocycles. The molecular formula is C12H18N2O2S. The van der Waals surface area contributed by atoms with Gasteiger partial charge in [-0.15, -0.1) is 0 Å². The lowest BCUT2D eigenvalue weighted by molar-refractivity contribution is 0.270. The summed E-state index contributed by atoms with van der Waals surface area (Å²) >= 11 is 0. The molecule has 1 aliphatic carbocycles. The lowest BCUT2D eigenvalue weighted by Gasteiger charge is -2.33. The number of benzene rings is 1. The summed E-state index contributed by atoms with van der Waals surface area (Å²) in [4.78, 5) is 0.321. The van der Waals surface area contributed by atoms with Gasteiger partial charge in [-0.05, 0) is 30.9 Å². The number of anilines is 1. The first-order valence-corrected chi connectivity index (χ1v) is 7.30. The third kappa shape index (κ3) is 2.61. The quantitative estimate of drug-likeness (QED) is 0.861. The Morgan fingerprint density at radius 3 is 2.47 bits per heavy atom. The molecule has 94 valence electrons. The maximum atomic E-state index is 12.2. The van der Waals surface area contributed by atoms with Crippen molar-refractivity contribution in [2.45, 2.75) is 30.7 Å². The molecule has 5 heteroatoms. The minimum absolute atomic E-state index is 0.0971. The van der Waals surface area contributed by atoms with Crippen molar-refractivity contribution in [3.05, 3.63) is 24.3 Å². The van der Waals surface area contributed by atoms with Crippen molar-refractivity contribution in [1.29, 1.82) is 0 Å². The fourth-order valence-electron chi connectivity index (χ4n) is 2.19. The molecule has 0 atom stereocenters. The number of hydrogen-bond donors (Lipinski definition) is 2. The van der Waals surface area contributed by atoms with Gasteiger partial charge < -0.3 is 5.32 Å². The first kappa shape index (κ1) is 12.4. The maximum Gasteiger partial charge on any atom is 0.242 e. The second-order valence-corrected chi connectivity index (χ2v) is 6.32. The highest BCUT2D eigenvalue weighted by atomic mass is 32.2. The van der Waals surface area contributed by atoms with E-state index in [1.165, 1.54) is 0 Å². The molecule has 17 heavy (non-hydrogen) atoms. The predicted octanol–water partition coefficient (Wildman–Crippen LogP) is 1.81. The van der Waals surface area contributed by atoms with Gasteiger partial charge in [0.25, 0.3) is 0 Å². The van der Waals surface area contributed by atoms with Crippen LogP contribution in [0.2, 0.25) is 0 Å². The van der Waals surface area contributed by atoms with Crippen molar-refractivity contribution in [2.75, 3.05) is 12.4 Å². The fourth-order valence-corrected chi connectivity index (χ4v) is 3.66. The SMILES string of the molecule is CNc1ccccc1S(=O)(=O)NC1CC(C)C1. The molecular weight excluding hydrogens is 236 g/mol. The lowest BCUT2D eigenvalue weighted by atomic mass is 9.83. The van der Waals surface area contributed by atoms with Crippen LogP contribution in [0.15, 0.2) is 29.2 Å². The van der Waals surface area contributed by atoms with Crippen LogP contribution in [0, 0.1) is 5.92 Å². The van der Waals surface area contributed by atoms with Gasteiger partial charge in [0.1, 0.15) is 4.90 Å². The zero-order valence-corrected chi connectivity index (χ0v) is 10.9. The van der Waals surface area contributed by atoms with Crippen LogP contribution in [0.25, 0.3) is 0 Å². The summed E-state index contributed by atoms with van der Waals surface area (Å²) in [5.74, 6) is 0.627. The van der Waals surface area contributed by atoms with E-state index in [4.69, 9.17) is 0 Å². The third-order valence-electron chi connectivity index (χ3n) is 3.14. The Balaban J connectivity index is 2.19. The van der Waals surface area contributed by atoms with Gasteiger partial charge in [-0.1, -0.05) is 19.1 Å². The molecule has 0 spiro atoms. The normalized spacial score (nSPS) is 24.1. The fraction of sp³-hybridized carbons (Fsp3) is 0.500. The topological polar surface area (TPSA) is 58.2 Å². The Labute approximate surface area is 102 Å². The molecule has 0 aliphatic heterocycles. The second kappa shape index (κ2) is 4.66. The van der Waals surface area contributed by atoms with Gasteiger partial charge in [-0.3, -0.25) is 0 Å². The minimum Gasteiger partial charge on any atom is -0.387 e. The van der Waals surface area contributed by atoms with Crippen molar-refractivity contribution < 1.29 is 8.42 Å². The Morgan fingerprint density at radius 1 is 1.24 bits per heavy atom. The van der Waals surface area contributed by atoms with E-state index in [2.05, 4.69) is 17.0 Å². The average Bonchev–Trinajstić information content (AvgIpc) is 2.26. The summed E-state index contributed by atoms with van der Waals surface area (Å²) in [5.41, 5.74) is 0.632. The standard InChI is InChI=1S/C12H18N2O2S/c1-9-7-10(8-9)14-17(15,16)12-6-4-3-5-11(12)13-2/h3-6,9-10,13-14H,7-8H2,1-2H3. The first-order chi connectivity index (χ1) is 8.03. The van der Waals surface area contributed by atoms with Crippen LogP contribution >= 0.6 is 0 Å². The average molecular weight is 254 g/mol. The first-order valence-electron chi connectivity index (χ1n) is 5.82. The molecule has 2 N–H and O–H groups in total. The third-order valence-corrected chi connectivity index (χ3v) is 4.72. The Hall–Kier alpha value is -1.07. The summed E-state index contributed by atoms with van der Waals surface area (Å²) in [6.45, 7) is 2.13. The number of hydrogen-bond acceptors (Lipinski definition) is 3. The monoisotopic (exact) mass is 254 g/mol. The van der Waals surface area contributed by atoms with Crippen LogP contribution in [-0.2, 0) is 10.0 Å². The molecule has 1 saturated carbocycles. The zero-order valence-electron chi connectivity index (χ0n) is 10.1. The van der Waals surface area contributed by atoms with Crippen molar-refractivity contribution in [3.8, 4) is 0 Å². The highest BCUT2D eigenvalue weighted by Gasteiger charge is 2.30. The molecule has 0 heterocycles. The molecule has 1 fully saturated rings. The van der Waals surface area contributed by atoms with E-state index in [0.29, 0.717) is 16.5 Å². The molecule has 0 radical (unpaired) electrons. The second-order valence-electron chi connectivity index (χ2n) is 4.64. The molecule has 0 amide bonds. The van der Waals surface area contributed by atoms with E-state index in [1.807, 2.05) is 6.07 Å². The summed E-state index contributed by atoms with van der Waals surface area (Å²) in [7, 11) is -1.68. The predicted molar refractivity (Wildman–Crippen MR) is 68.5 cm³/mol. The summed E-state index contributed by atoms with van der Waals surface area (Å²) in [6.07, 6.45) is 1.86. The van der Waals surface area contributed by atoms with Crippen LogP contribution in [-0.4, -0.2) is 21.5 Å². The van der Waals surface area contributed by atoms with Gasteiger partial charge in [0.15, 0.2) is 0 Å².